The Labute approximate surface area is 123 Å². The molecule has 0 saturated heterocycles. The molecule has 1 heterocycles. The number of nitrogens with zero attached hydrogens (tertiary/aromatic N) is 2. The number of halogens is 2. The molecule has 1 aromatic carbocycles. The molecule has 5 heteroatoms. The van der Waals surface area contributed by atoms with Crippen LogP contribution in [0.5, 0.6) is 0 Å². The van der Waals surface area contributed by atoms with Gasteiger partial charge in [-0.2, -0.15) is 0 Å². The largest absolute Gasteiger partial charge is 0.373 e. The molecule has 1 N–H and O–H groups in total. The normalized spacial score (nSPS) is 10.6. The van der Waals surface area contributed by atoms with E-state index >= 15 is 0 Å². The van der Waals surface area contributed by atoms with E-state index in [1.54, 1.807) is 12.1 Å². The summed E-state index contributed by atoms with van der Waals surface area (Å²) in [6.45, 7) is 4.06. The highest BCUT2D eigenvalue weighted by atomic mass is 35.5. The van der Waals surface area contributed by atoms with Crippen molar-refractivity contribution in [3.63, 3.8) is 0 Å². The topological polar surface area (TPSA) is 37.8 Å². The monoisotopic (exact) mass is 295 g/mol. The SMILES string of the molecule is CCc1nc(-c2c(Cl)cccc2Cl)nc(NC)c1C. The van der Waals surface area contributed by atoms with Gasteiger partial charge in [-0.05, 0) is 25.5 Å². The molecule has 0 bridgehead atoms. The number of aryl methyl sites for hydroxylation is 1. The summed E-state index contributed by atoms with van der Waals surface area (Å²) in [6.07, 6.45) is 0.831. The van der Waals surface area contributed by atoms with Crippen LogP contribution in [-0.2, 0) is 6.42 Å². The number of anilines is 1. The van der Waals surface area contributed by atoms with Gasteiger partial charge in [0.25, 0.3) is 0 Å². The predicted molar refractivity (Wildman–Crippen MR) is 81.1 cm³/mol. The number of hydrogen-bond donors (Lipinski definition) is 1. The van der Waals surface area contributed by atoms with E-state index in [-0.39, 0.29) is 0 Å². The maximum Gasteiger partial charge on any atom is 0.164 e. The Morgan fingerprint density at radius 3 is 2.32 bits per heavy atom. The predicted octanol–water partition coefficient (Wildman–Crippen LogP) is 4.36. The molecule has 0 amide bonds. The lowest BCUT2D eigenvalue weighted by atomic mass is 10.1. The number of hydrogen-bond acceptors (Lipinski definition) is 3. The van der Waals surface area contributed by atoms with Gasteiger partial charge in [-0.25, -0.2) is 9.97 Å². The second kappa shape index (κ2) is 5.76. The Bertz CT molecular complexity index is 566. The molecule has 2 rings (SSSR count). The minimum absolute atomic E-state index is 0.556. The number of rotatable bonds is 3. The first-order valence-corrected chi connectivity index (χ1v) is 6.83. The van der Waals surface area contributed by atoms with Crippen LogP contribution in [0.3, 0.4) is 0 Å². The third kappa shape index (κ3) is 2.67. The number of benzene rings is 1. The summed E-state index contributed by atoms with van der Waals surface area (Å²) in [5.41, 5.74) is 2.72. The highest BCUT2D eigenvalue weighted by Crippen LogP contribution is 2.33. The van der Waals surface area contributed by atoms with E-state index in [1.807, 2.05) is 20.0 Å². The summed E-state index contributed by atoms with van der Waals surface area (Å²) >= 11 is 12.4. The van der Waals surface area contributed by atoms with E-state index in [1.165, 1.54) is 0 Å². The second-order valence-electron chi connectivity index (χ2n) is 4.17. The fraction of sp³-hybridized carbons (Fsp3) is 0.286. The lowest BCUT2D eigenvalue weighted by Crippen LogP contribution is -2.05. The standard InChI is InChI=1S/C14H15Cl2N3/c1-4-11-8(2)13(17-3)19-14(18-11)12-9(15)6-5-7-10(12)16/h5-7H,4H2,1-3H3,(H,17,18,19). The maximum atomic E-state index is 6.21. The van der Waals surface area contributed by atoms with E-state index in [9.17, 15) is 0 Å². The molecule has 0 aliphatic rings. The summed E-state index contributed by atoms with van der Waals surface area (Å²) < 4.78 is 0. The summed E-state index contributed by atoms with van der Waals surface area (Å²) in [6, 6.07) is 5.38. The van der Waals surface area contributed by atoms with Crippen LogP contribution in [0, 0.1) is 6.92 Å². The number of nitrogens with one attached hydrogen (secondary N) is 1. The molecule has 0 unspecified atom stereocenters. The van der Waals surface area contributed by atoms with Gasteiger partial charge in [-0.1, -0.05) is 36.2 Å². The van der Waals surface area contributed by atoms with Gasteiger partial charge in [-0.15, -0.1) is 0 Å². The molecule has 3 nitrogen and oxygen atoms in total. The fourth-order valence-corrected chi connectivity index (χ4v) is 2.54. The molecule has 0 aliphatic heterocycles. The van der Waals surface area contributed by atoms with Crippen LogP contribution in [0.15, 0.2) is 18.2 Å². The molecular weight excluding hydrogens is 281 g/mol. The third-order valence-electron chi connectivity index (χ3n) is 3.00. The van der Waals surface area contributed by atoms with Crippen molar-refractivity contribution in [2.24, 2.45) is 0 Å². The second-order valence-corrected chi connectivity index (χ2v) is 4.98. The fourth-order valence-electron chi connectivity index (χ4n) is 1.97. The molecule has 19 heavy (non-hydrogen) atoms. The molecule has 0 aliphatic carbocycles. The third-order valence-corrected chi connectivity index (χ3v) is 3.63. The molecule has 0 atom stereocenters. The van der Waals surface area contributed by atoms with Crippen LogP contribution in [0.2, 0.25) is 10.0 Å². The summed E-state index contributed by atoms with van der Waals surface area (Å²) in [7, 11) is 1.84. The quantitative estimate of drug-likeness (QED) is 0.914. The van der Waals surface area contributed by atoms with Crippen LogP contribution < -0.4 is 5.32 Å². The Morgan fingerprint density at radius 1 is 1.16 bits per heavy atom. The Kier molecular flexibility index (Phi) is 4.27. The van der Waals surface area contributed by atoms with Crippen LogP contribution in [0.4, 0.5) is 5.82 Å². The van der Waals surface area contributed by atoms with E-state index in [0.29, 0.717) is 21.4 Å². The molecule has 0 fully saturated rings. The summed E-state index contributed by atoms with van der Waals surface area (Å²) in [5.74, 6) is 1.36. The first-order chi connectivity index (χ1) is 9.08. The highest BCUT2D eigenvalue weighted by Gasteiger charge is 2.15. The van der Waals surface area contributed by atoms with Crippen LogP contribution in [-0.4, -0.2) is 17.0 Å². The van der Waals surface area contributed by atoms with E-state index in [0.717, 1.165) is 23.5 Å². The summed E-state index contributed by atoms with van der Waals surface area (Å²) in [5, 5.41) is 4.19. The zero-order valence-corrected chi connectivity index (χ0v) is 12.6. The Balaban J connectivity index is 2.69. The molecule has 0 saturated carbocycles. The minimum Gasteiger partial charge on any atom is -0.373 e. The van der Waals surface area contributed by atoms with Gasteiger partial charge in [0.05, 0.1) is 15.6 Å². The Morgan fingerprint density at radius 2 is 1.79 bits per heavy atom. The lowest BCUT2D eigenvalue weighted by Gasteiger charge is -2.12. The van der Waals surface area contributed by atoms with Crippen molar-refractivity contribution in [3.8, 4) is 11.4 Å². The van der Waals surface area contributed by atoms with Crippen LogP contribution in [0.25, 0.3) is 11.4 Å². The zero-order chi connectivity index (χ0) is 14.0. The minimum atomic E-state index is 0.556. The first kappa shape index (κ1) is 14.1. The van der Waals surface area contributed by atoms with Crippen LogP contribution in [0.1, 0.15) is 18.2 Å². The molecule has 100 valence electrons. The van der Waals surface area contributed by atoms with Gasteiger partial charge in [0.15, 0.2) is 5.82 Å². The maximum absolute atomic E-state index is 6.21. The molecular formula is C14H15Cl2N3. The van der Waals surface area contributed by atoms with Gasteiger partial charge in [0.1, 0.15) is 5.82 Å². The Hall–Kier alpha value is -1.32. The van der Waals surface area contributed by atoms with E-state index in [4.69, 9.17) is 23.2 Å². The highest BCUT2D eigenvalue weighted by molar-refractivity contribution is 6.38. The lowest BCUT2D eigenvalue weighted by molar-refractivity contribution is 0.977. The summed E-state index contributed by atoms with van der Waals surface area (Å²) in [4.78, 5) is 9.07. The first-order valence-electron chi connectivity index (χ1n) is 6.08. The van der Waals surface area contributed by atoms with Crippen molar-refractivity contribution in [1.29, 1.82) is 0 Å². The van der Waals surface area contributed by atoms with Gasteiger partial charge in [0.2, 0.25) is 0 Å². The van der Waals surface area contributed by atoms with Gasteiger partial charge in [-0.3, -0.25) is 0 Å². The van der Waals surface area contributed by atoms with Crippen molar-refractivity contribution < 1.29 is 0 Å². The van der Waals surface area contributed by atoms with Crippen molar-refractivity contribution in [2.75, 3.05) is 12.4 Å². The number of aromatic nitrogens is 2. The van der Waals surface area contributed by atoms with Gasteiger partial charge in [0, 0.05) is 18.3 Å². The molecule has 2 aromatic rings. The molecule has 0 spiro atoms. The average Bonchev–Trinajstić information content (AvgIpc) is 2.40. The van der Waals surface area contributed by atoms with Gasteiger partial charge >= 0.3 is 0 Å². The average molecular weight is 296 g/mol. The van der Waals surface area contributed by atoms with Crippen molar-refractivity contribution in [1.82, 2.24) is 9.97 Å². The zero-order valence-electron chi connectivity index (χ0n) is 11.1. The van der Waals surface area contributed by atoms with Crippen molar-refractivity contribution in [3.05, 3.63) is 39.5 Å². The van der Waals surface area contributed by atoms with Gasteiger partial charge < -0.3 is 5.32 Å². The molecule has 0 radical (unpaired) electrons. The van der Waals surface area contributed by atoms with E-state index < -0.39 is 0 Å². The van der Waals surface area contributed by atoms with Crippen molar-refractivity contribution in [2.45, 2.75) is 20.3 Å². The smallest absolute Gasteiger partial charge is 0.164 e. The van der Waals surface area contributed by atoms with Crippen molar-refractivity contribution >= 4 is 29.0 Å². The molecule has 1 aromatic heterocycles. The van der Waals surface area contributed by atoms with E-state index in [2.05, 4.69) is 22.2 Å². The van der Waals surface area contributed by atoms with Crippen LogP contribution >= 0.6 is 23.2 Å².